The van der Waals surface area contributed by atoms with E-state index in [4.69, 9.17) is 0 Å². The van der Waals surface area contributed by atoms with E-state index >= 15 is 0 Å². The number of nitrogens with one attached hydrogen (secondary N) is 1. The van der Waals surface area contributed by atoms with E-state index in [1.165, 1.54) is 25.0 Å². The molecule has 2 nitrogen and oxygen atoms in total. The third-order valence-corrected chi connectivity index (χ3v) is 3.18. The second kappa shape index (κ2) is 5.30. The van der Waals surface area contributed by atoms with Gasteiger partial charge in [0.05, 0.1) is 0 Å². The molecule has 1 N–H and O–H groups in total. The molecule has 1 aliphatic rings. The van der Waals surface area contributed by atoms with Gasteiger partial charge in [0.15, 0.2) is 0 Å². The topological polar surface area (TPSA) is 15.3 Å². The van der Waals surface area contributed by atoms with E-state index in [0.717, 1.165) is 25.3 Å². The fourth-order valence-electron chi connectivity index (χ4n) is 2.25. The lowest BCUT2D eigenvalue weighted by Crippen LogP contribution is -2.37. The minimum atomic E-state index is -0.168. The van der Waals surface area contributed by atoms with Gasteiger partial charge < -0.3 is 10.2 Å². The Morgan fingerprint density at radius 2 is 2.12 bits per heavy atom. The molecular formula is C13H19FN2. The van der Waals surface area contributed by atoms with Crippen LogP contribution in [-0.4, -0.2) is 25.7 Å². The lowest BCUT2D eigenvalue weighted by molar-refractivity contribution is 0.585. The van der Waals surface area contributed by atoms with E-state index in [1.807, 2.05) is 12.1 Å². The first-order valence-electron chi connectivity index (χ1n) is 6.03. The molecule has 2 rings (SSSR count). The molecule has 0 saturated carbocycles. The Bertz CT molecular complexity index is 317. The highest BCUT2D eigenvalue weighted by Crippen LogP contribution is 2.16. The largest absolute Gasteiger partial charge is 0.370 e. The number of hydrogen-bond donors (Lipinski definition) is 1. The Balaban J connectivity index is 2.00. The minimum absolute atomic E-state index is 0.168. The number of halogens is 1. The summed E-state index contributed by atoms with van der Waals surface area (Å²) in [4.78, 5) is 2.29. The first-order valence-corrected chi connectivity index (χ1v) is 6.03. The summed E-state index contributed by atoms with van der Waals surface area (Å²) < 4.78 is 12.8. The normalized spacial score (nSPS) is 20.0. The number of rotatable bonds is 4. The number of anilines is 1. The number of benzene rings is 1. The van der Waals surface area contributed by atoms with Gasteiger partial charge in [-0.15, -0.1) is 0 Å². The van der Waals surface area contributed by atoms with Crippen LogP contribution in [0.4, 0.5) is 10.1 Å². The van der Waals surface area contributed by atoms with E-state index < -0.39 is 0 Å². The zero-order chi connectivity index (χ0) is 11.4. The van der Waals surface area contributed by atoms with Crippen LogP contribution >= 0.6 is 0 Å². The summed E-state index contributed by atoms with van der Waals surface area (Å²) in [6, 6.07) is 7.35. The van der Waals surface area contributed by atoms with Crippen LogP contribution in [0.5, 0.6) is 0 Å². The molecule has 16 heavy (non-hydrogen) atoms. The smallest absolute Gasteiger partial charge is 0.123 e. The van der Waals surface area contributed by atoms with Crippen molar-refractivity contribution in [1.82, 2.24) is 5.32 Å². The molecular weight excluding hydrogens is 203 g/mol. The van der Waals surface area contributed by atoms with Crippen molar-refractivity contribution in [2.75, 3.05) is 24.5 Å². The minimum Gasteiger partial charge on any atom is -0.370 e. The molecule has 1 fully saturated rings. The molecule has 1 aromatic rings. The first-order chi connectivity index (χ1) is 7.79. The van der Waals surface area contributed by atoms with Crippen LogP contribution in [-0.2, 0) is 0 Å². The van der Waals surface area contributed by atoms with Crippen LogP contribution in [0.3, 0.4) is 0 Å². The predicted molar refractivity (Wildman–Crippen MR) is 65.3 cm³/mol. The van der Waals surface area contributed by atoms with Crippen LogP contribution in [0, 0.1) is 5.82 Å². The van der Waals surface area contributed by atoms with Gasteiger partial charge in [0.1, 0.15) is 5.82 Å². The average Bonchev–Trinajstić information content (AvgIpc) is 2.80. The van der Waals surface area contributed by atoms with Gasteiger partial charge in [0, 0.05) is 24.8 Å². The van der Waals surface area contributed by atoms with Gasteiger partial charge >= 0.3 is 0 Å². The Morgan fingerprint density at radius 1 is 1.38 bits per heavy atom. The van der Waals surface area contributed by atoms with Crippen LogP contribution in [0.15, 0.2) is 24.3 Å². The van der Waals surface area contributed by atoms with E-state index in [9.17, 15) is 4.39 Å². The average molecular weight is 222 g/mol. The van der Waals surface area contributed by atoms with E-state index in [0.29, 0.717) is 6.04 Å². The maximum Gasteiger partial charge on any atom is 0.123 e. The van der Waals surface area contributed by atoms with Gasteiger partial charge in [0.2, 0.25) is 0 Å². The van der Waals surface area contributed by atoms with Gasteiger partial charge in [0.25, 0.3) is 0 Å². The zero-order valence-corrected chi connectivity index (χ0v) is 9.75. The maximum absolute atomic E-state index is 12.8. The third-order valence-electron chi connectivity index (χ3n) is 3.18. The second-order valence-electron chi connectivity index (χ2n) is 4.31. The molecule has 1 aliphatic heterocycles. The summed E-state index contributed by atoms with van der Waals surface area (Å²) in [6.07, 6.45) is 2.52. The van der Waals surface area contributed by atoms with Crippen molar-refractivity contribution in [3.8, 4) is 0 Å². The molecule has 0 unspecified atom stereocenters. The van der Waals surface area contributed by atoms with Crippen molar-refractivity contribution in [3.05, 3.63) is 30.1 Å². The van der Waals surface area contributed by atoms with Gasteiger partial charge in [-0.1, -0.05) is 0 Å². The van der Waals surface area contributed by atoms with Crippen LogP contribution in [0.25, 0.3) is 0 Å². The first kappa shape index (κ1) is 11.4. The quantitative estimate of drug-likeness (QED) is 0.841. The lowest BCUT2D eigenvalue weighted by atomic mass is 10.2. The molecule has 1 aromatic carbocycles. The van der Waals surface area contributed by atoms with Crippen LogP contribution in [0.1, 0.15) is 19.8 Å². The molecule has 1 saturated heterocycles. The maximum atomic E-state index is 12.8. The highest BCUT2D eigenvalue weighted by molar-refractivity contribution is 5.46. The standard InChI is InChI=1S/C13H19FN2/c1-2-16(10-12-4-3-9-15-12)13-7-5-11(14)6-8-13/h5-8,12,15H,2-4,9-10H2,1H3/t12-/m0/s1. The molecule has 1 heterocycles. The number of likely N-dealkylation sites (N-methyl/N-ethyl adjacent to an activating group) is 1. The third kappa shape index (κ3) is 2.73. The second-order valence-corrected chi connectivity index (χ2v) is 4.31. The van der Waals surface area contributed by atoms with Crippen molar-refractivity contribution in [1.29, 1.82) is 0 Å². The summed E-state index contributed by atoms with van der Waals surface area (Å²) in [6.45, 7) is 5.25. The van der Waals surface area contributed by atoms with E-state index in [2.05, 4.69) is 17.1 Å². The SMILES string of the molecule is CCN(C[C@@H]1CCCN1)c1ccc(F)cc1. The molecule has 0 radical (unpaired) electrons. The molecule has 0 spiro atoms. The van der Waals surface area contributed by atoms with Gasteiger partial charge in [-0.25, -0.2) is 4.39 Å². The highest BCUT2D eigenvalue weighted by atomic mass is 19.1. The predicted octanol–water partition coefficient (Wildman–Crippen LogP) is 2.40. The van der Waals surface area contributed by atoms with Crippen molar-refractivity contribution in [2.45, 2.75) is 25.8 Å². The summed E-state index contributed by atoms with van der Waals surface area (Å²) >= 11 is 0. The summed E-state index contributed by atoms with van der Waals surface area (Å²) in [5.41, 5.74) is 1.11. The lowest BCUT2D eigenvalue weighted by Gasteiger charge is -2.26. The van der Waals surface area contributed by atoms with Gasteiger partial charge in [-0.05, 0) is 50.6 Å². The van der Waals surface area contributed by atoms with E-state index in [-0.39, 0.29) is 5.82 Å². The van der Waals surface area contributed by atoms with E-state index in [1.54, 1.807) is 0 Å². The number of hydrogen-bond acceptors (Lipinski definition) is 2. The number of nitrogens with zero attached hydrogens (tertiary/aromatic N) is 1. The van der Waals surface area contributed by atoms with Crippen LogP contribution in [0.2, 0.25) is 0 Å². The summed E-state index contributed by atoms with van der Waals surface area (Å²) in [5, 5.41) is 3.49. The van der Waals surface area contributed by atoms with Crippen molar-refractivity contribution in [2.24, 2.45) is 0 Å². The van der Waals surface area contributed by atoms with Gasteiger partial charge in [-0.2, -0.15) is 0 Å². The Kier molecular flexibility index (Phi) is 3.78. The Hall–Kier alpha value is -1.09. The fraction of sp³-hybridized carbons (Fsp3) is 0.538. The molecule has 1 atom stereocenters. The molecule has 88 valence electrons. The molecule has 0 bridgehead atoms. The van der Waals surface area contributed by atoms with Crippen molar-refractivity contribution >= 4 is 5.69 Å². The van der Waals surface area contributed by atoms with Crippen molar-refractivity contribution < 1.29 is 4.39 Å². The summed E-state index contributed by atoms with van der Waals surface area (Å²) in [7, 11) is 0. The zero-order valence-electron chi connectivity index (χ0n) is 9.75. The van der Waals surface area contributed by atoms with Crippen LogP contribution < -0.4 is 10.2 Å². The molecule has 0 amide bonds. The molecule has 0 aromatic heterocycles. The molecule has 3 heteroatoms. The Morgan fingerprint density at radius 3 is 2.69 bits per heavy atom. The summed E-state index contributed by atoms with van der Waals surface area (Å²) in [5.74, 6) is -0.168. The Labute approximate surface area is 96.5 Å². The van der Waals surface area contributed by atoms with Crippen molar-refractivity contribution in [3.63, 3.8) is 0 Å². The molecule has 0 aliphatic carbocycles. The monoisotopic (exact) mass is 222 g/mol. The van der Waals surface area contributed by atoms with Gasteiger partial charge in [-0.3, -0.25) is 0 Å². The highest BCUT2D eigenvalue weighted by Gasteiger charge is 2.17. The fourth-order valence-corrected chi connectivity index (χ4v) is 2.25.